The average molecular weight is 423 g/mol. The predicted molar refractivity (Wildman–Crippen MR) is 110 cm³/mol. The number of benzene rings is 1. The third-order valence-electron chi connectivity index (χ3n) is 6.02. The zero-order valence-corrected chi connectivity index (χ0v) is 17.1. The summed E-state index contributed by atoms with van der Waals surface area (Å²) >= 11 is 1.57. The van der Waals surface area contributed by atoms with E-state index in [9.17, 15) is 19.2 Å². The molecule has 8 heteroatoms. The van der Waals surface area contributed by atoms with Crippen LogP contribution >= 0.6 is 11.3 Å². The molecule has 4 amide bonds. The summed E-state index contributed by atoms with van der Waals surface area (Å²) in [4.78, 5) is 52.5. The Morgan fingerprint density at radius 1 is 1.13 bits per heavy atom. The minimum Gasteiger partial charge on any atom is -0.347 e. The SMILES string of the molecule is O=C1CCC(N2Cc3ccc(CNC(=O)c4cc5c(s4)CCC5)cc3C2=O)C(=O)N1. The quantitative estimate of drug-likeness (QED) is 0.735. The lowest BCUT2D eigenvalue weighted by Gasteiger charge is -2.29. The number of rotatable bonds is 4. The largest absolute Gasteiger partial charge is 0.347 e. The van der Waals surface area contributed by atoms with E-state index in [1.54, 1.807) is 17.4 Å². The van der Waals surface area contributed by atoms with Gasteiger partial charge >= 0.3 is 0 Å². The van der Waals surface area contributed by atoms with Crippen molar-refractivity contribution in [2.75, 3.05) is 0 Å². The Morgan fingerprint density at radius 3 is 2.80 bits per heavy atom. The maximum absolute atomic E-state index is 12.9. The van der Waals surface area contributed by atoms with E-state index in [1.807, 2.05) is 18.2 Å². The number of hydrogen-bond acceptors (Lipinski definition) is 5. The Labute approximate surface area is 177 Å². The fraction of sp³-hybridized carbons (Fsp3) is 0.364. The van der Waals surface area contributed by atoms with Gasteiger partial charge in [0.1, 0.15) is 6.04 Å². The van der Waals surface area contributed by atoms with Gasteiger partial charge in [-0.1, -0.05) is 12.1 Å². The van der Waals surface area contributed by atoms with Crippen LogP contribution in [0.1, 0.15) is 60.9 Å². The zero-order valence-electron chi connectivity index (χ0n) is 16.3. The van der Waals surface area contributed by atoms with E-state index in [-0.39, 0.29) is 24.1 Å². The van der Waals surface area contributed by atoms with Gasteiger partial charge in [0.2, 0.25) is 11.8 Å². The van der Waals surface area contributed by atoms with Crippen LogP contribution in [0.3, 0.4) is 0 Å². The van der Waals surface area contributed by atoms with Gasteiger partial charge in [-0.25, -0.2) is 0 Å². The van der Waals surface area contributed by atoms with Crippen molar-refractivity contribution < 1.29 is 19.2 Å². The van der Waals surface area contributed by atoms with Crippen LogP contribution in [-0.4, -0.2) is 34.6 Å². The smallest absolute Gasteiger partial charge is 0.261 e. The number of carbonyl (C=O) groups excluding carboxylic acids is 4. The molecule has 3 heterocycles. The van der Waals surface area contributed by atoms with Crippen molar-refractivity contribution in [2.45, 2.75) is 51.2 Å². The minimum absolute atomic E-state index is 0.0913. The molecule has 7 nitrogen and oxygen atoms in total. The van der Waals surface area contributed by atoms with Crippen LogP contribution in [0.25, 0.3) is 0 Å². The second-order valence-corrected chi connectivity index (χ2v) is 9.12. The molecule has 3 aliphatic rings. The second kappa shape index (κ2) is 7.36. The minimum atomic E-state index is -0.619. The fourth-order valence-corrected chi connectivity index (χ4v) is 5.59. The van der Waals surface area contributed by atoms with Crippen molar-refractivity contribution in [2.24, 2.45) is 0 Å². The molecule has 5 rings (SSSR count). The Morgan fingerprint density at radius 2 is 2.00 bits per heavy atom. The summed E-state index contributed by atoms with van der Waals surface area (Å²) in [7, 11) is 0. The molecule has 1 atom stereocenters. The number of aryl methyl sites for hydroxylation is 2. The number of carbonyl (C=O) groups is 4. The van der Waals surface area contributed by atoms with Crippen LogP contribution in [0.2, 0.25) is 0 Å². The third kappa shape index (κ3) is 3.31. The number of imide groups is 1. The van der Waals surface area contributed by atoms with Crippen molar-refractivity contribution >= 4 is 35.0 Å². The van der Waals surface area contributed by atoms with Gasteiger partial charge in [0, 0.05) is 30.0 Å². The molecular formula is C22H21N3O4S. The summed E-state index contributed by atoms with van der Waals surface area (Å²) < 4.78 is 0. The van der Waals surface area contributed by atoms with Crippen molar-refractivity contribution in [1.29, 1.82) is 0 Å². The number of hydrogen-bond donors (Lipinski definition) is 2. The highest BCUT2D eigenvalue weighted by molar-refractivity contribution is 7.14. The van der Waals surface area contributed by atoms with Crippen LogP contribution < -0.4 is 10.6 Å². The lowest BCUT2D eigenvalue weighted by molar-refractivity contribution is -0.136. The first-order valence-electron chi connectivity index (χ1n) is 10.2. The Bertz CT molecular complexity index is 1070. The molecule has 1 unspecified atom stereocenters. The Kier molecular flexibility index (Phi) is 4.66. The van der Waals surface area contributed by atoms with Gasteiger partial charge in [-0.2, -0.15) is 0 Å². The average Bonchev–Trinajstić information content (AvgIpc) is 3.40. The molecule has 0 radical (unpaired) electrons. The van der Waals surface area contributed by atoms with Crippen LogP contribution in [0, 0.1) is 0 Å². The molecule has 1 aromatic carbocycles. The molecule has 0 saturated carbocycles. The highest BCUT2D eigenvalue weighted by atomic mass is 32.1. The van der Waals surface area contributed by atoms with Gasteiger partial charge in [0.25, 0.3) is 11.8 Å². The molecule has 0 bridgehead atoms. The lowest BCUT2D eigenvalue weighted by Crippen LogP contribution is -2.52. The lowest BCUT2D eigenvalue weighted by atomic mass is 10.0. The first-order valence-corrected chi connectivity index (χ1v) is 11.0. The Balaban J connectivity index is 1.26. The van der Waals surface area contributed by atoms with E-state index in [4.69, 9.17) is 0 Å². The van der Waals surface area contributed by atoms with E-state index >= 15 is 0 Å². The normalized spacial score (nSPS) is 20.2. The highest BCUT2D eigenvalue weighted by Crippen LogP contribution is 2.31. The molecule has 0 spiro atoms. The van der Waals surface area contributed by atoms with Crippen molar-refractivity contribution in [3.05, 3.63) is 56.3 Å². The standard InChI is InChI=1S/C22H21N3O4S/c26-19-7-6-16(20(27)24-19)25-11-14-5-4-12(8-15(14)22(25)29)10-23-21(28)18-9-13-2-1-3-17(13)30-18/h4-5,8-9,16H,1-3,6-7,10-11H2,(H,23,28)(H,24,26,27). The predicted octanol–water partition coefficient (Wildman–Crippen LogP) is 1.93. The maximum Gasteiger partial charge on any atom is 0.261 e. The van der Waals surface area contributed by atoms with Crippen LogP contribution in [0.15, 0.2) is 24.3 Å². The third-order valence-corrected chi connectivity index (χ3v) is 7.25. The number of nitrogens with one attached hydrogen (secondary N) is 2. The van der Waals surface area contributed by atoms with E-state index in [1.165, 1.54) is 21.8 Å². The van der Waals surface area contributed by atoms with Crippen molar-refractivity contribution in [3.8, 4) is 0 Å². The summed E-state index contributed by atoms with van der Waals surface area (Å²) in [5.74, 6) is -1.01. The molecule has 30 heavy (non-hydrogen) atoms. The van der Waals surface area contributed by atoms with Crippen LogP contribution in [-0.2, 0) is 35.5 Å². The molecule has 2 aliphatic heterocycles. The topological polar surface area (TPSA) is 95.6 Å². The first-order chi connectivity index (χ1) is 14.5. The summed E-state index contributed by atoms with van der Waals surface area (Å²) in [5.41, 5.74) is 3.54. The Hall–Kier alpha value is -3.00. The van der Waals surface area contributed by atoms with Crippen LogP contribution in [0.5, 0.6) is 0 Å². The molecule has 1 fully saturated rings. The first kappa shape index (κ1) is 19.0. The number of piperidine rings is 1. The molecule has 1 aliphatic carbocycles. The monoisotopic (exact) mass is 423 g/mol. The number of thiophene rings is 1. The van der Waals surface area contributed by atoms with E-state index in [2.05, 4.69) is 10.6 Å². The van der Waals surface area contributed by atoms with E-state index in [0.29, 0.717) is 25.1 Å². The zero-order chi connectivity index (χ0) is 20.8. The van der Waals surface area contributed by atoms with E-state index < -0.39 is 11.9 Å². The number of amides is 4. The van der Waals surface area contributed by atoms with Crippen molar-refractivity contribution in [3.63, 3.8) is 0 Å². The van der Waals surface area contributed by atoms with Crippen LogP contribution in [0.4, 0.5) is 0 Å². The number of nitrogens with zero attached hydrogens (tertiary/aromatic N) is 1. The molecule has 2 aromatic rings. The van der Waals surface area contributed by atoms with Gasteiger partial charge in [-0.15, -0.1) is 11.3 Å². The second-order valence-electron chi connectivity index (χ2n) is 7.99. The maximum atomic E-state index is 12.9. The van der Waals surface area contributed by atoms with E-state index in [0.717, 1.165) is 28.8 Å². The van der Waals surface area contributed by atoms with Crippen molar-refractivity contribution in [1.82, 2.24) is 15.5 Å². The van der Waals surface area contributed by atoms with Gasteiger partial charge in [-0.3, -0.25) is 24.5 Å². The highest BCUT2D eigenvalue weighted by Gasteiger charge is 2.39. The summed E-state index contributed by atoms with van der Waals surface area (Å²) in [6.45, 7) is 0.689. The summed E-state index contributed by atoms with van der Waals surface area (Å²) in [6.07, 6.45) is 3.86. The molecule has 1 saturated heterocycles. The molecule has 1 aromatic heterocycles. The molecule has 2 N–H and O–H groups in total. The molecular weight excluding hydrogens is 402 g/mol. The molecule has 154 valence electrons. The number of fused-ring (bicyclic) bond motifs is 2. The summed E-state index contributed by atoms with van der Waals surface area (Å²) in [6, 6.07) is 6.94. The van der Waals surface area contributed by atoms with Gasteiger partial charge < -0.3 is 10.2 Å². The van der Waals surface area contributed by atoms with Gasteiger partial charge in [0.15, 0.2) is 0 Å². The fourth-order valence-electron chi connectivity index (χ4n) is 4.42. The summed E-state index contributed by atoms with van der Waals surface area (Å²) in [5, 5.41) is 5.25. The van der Waals surface area contributed by atoms with Gasteiger partial charge in [-0.05, 0) is 54.5 Å². The van der Waals surface area contributed by atoms with Gasteiger partial charge in [0.05, 0.1) is 4.88 Å².